The molecule has 24 heavy (non-hydrogen) atoms. The van der Waals surface area contributed by atoms with Crippen molar-refractivity contribution in [2.45, 2.75) is 56.1 Å². The van der Waals surface area contributed by atoms with Crippen LogP contribution in [0.4, 0.5) is 0 Å². The molecule has 0 aromatic carbocycles. The van der Waals surface area contributed by atoms with Gasteiger partial charge in [-0.05, 0) is 45.6 Å². The lowest BCUT2D eigenvalue weighted by atomic mass is 9.87. The van der Waals surface area contributed by atoms with Crippen LogP contribution in [0.3, 0.4) is 0 Å². The summed E-state index contributed by atoms with van der Waals surface area (Å²) in [7, 11) is -1.04. The molecule has 3 heterocycles. The molecule has 3 fully saturated rings. The Labute approximate surface area is 145 Å². The first-order valence-corrected chi connectivity index (χ1v) is 10.8. The standard InChI is InChI=1S/C16H30N4O3S/c1-18(14-6-9-19(12-14)24(2,22)23)10-11-20-13-4-3-7-16(20,8-5-13)15(17)21/h13-14H,3-12H2,1-2H3,(H2,17,21)/t13-,14?,16?/m1/s1. The molecule has 3 saturated heterocycles. The topological polar surface area (TPSA) is 86.9 Å². The number of sulfonamides is 1. The number of primary amides is 1. The summed E-state index contributed by atoms with van der Waals surface area (Å²) in [6, 6.07) is 0.738. The van der Waals surface area contributed by atoms with Crippen LogP contribution in [0.25, 0.3) is 0 Å². The molecule has 0 aromatic heterocycles. The van der Waals surface area contributed by atoms with E-state index < -0.39 is 15.6 Å². The first kappa shape index (κ1) is 18.1. The van der Waals surface area contributed by atoms with Gasteiger partial charge in [0.2, 0.25) is 15.9 Å². The van der Waals surface area contributed by atoms with Crippen LogP contribution in [0.15, 0.2) is 0 Å². The van der Waals surface area contributed by atoms with Crippen molar-refractivity contribution in [3.8, 4) is 0 Å². The van der Waals surface area contributed by atoms with Crippen molar-refractivity contribution in [3.05, 3.63) is 0 Å². The number of carbonyl (C=O) groups is 1. The summed E-state index contributed by atoms with van der Waals surface area (Å²) >= 11 is 0. The van der Waals surface area contributed by atoms with Crippen LogP contribution in [0.5, 0.6) is 0 Å². The van der Waals surface area contributed by atoms with Crippen LogP contribution in [-0.2, 0) is 14.8 Å². The highest BCUT2D eigenvalue weighted by molar-refractivity contribution is 7.88. The molecule has 2 bridgehead atoms. The zero-order chi connectivity index (χ0) is 17.5. The van der Waals surface area contributed by atoms with Gasteiger partial charge in [0.1, 0.15) is 5.54 Å². The van der Waals surface area contributed by atoms with Crippen molar-refractivity contribution in [1.82, 2.24) is 14.1 Å². The van der Waals surface area contributed by atoms with Gasteiger partial charge in [0.15, 0.2) is 0 Å². The number of rotatable bonds is 6. The summed E-state index contributed by atoms with van der Waals surface area (Å²) in [5, 5.41) is 0. The molecule has 138 valence electrons. The minimum Gasteiger partial charge on any atom is -0.368 e. The van der Waals surface area contributed by atoms with E-state index in [1.165, 1.54) is 6.26 Å². The highest BCUT2D eigenvalue weighted by Crippen LogP contribution is 2.43. The van der Waals surface area contributed by atoms with Gasteiger partial charge >= 0.3 is 0 Å². The number of nitrogens with two attached hydrogens (primary N) is 1. The normalized spacial score (nSPS) is 35.0. The number of piperidine rings is 1. The molecule has 8 heteroatoms. The van der Waals surface area contributed by atoms with Crippen LogP contribution in [0.1, 0.15) is 38.5 Å². The van der Waals surface area contributed by atoms with Gasteiger partial charge in [-0.1, -0.05) is 0 Å². The van der Waals surface area contributed by atoms with Gasteiger partial charge in [0.25, 0.3) is 0 Å². The summed E-state index contributed by atoms with van der Waals surface area (Å²) < 4.78 is 24.9. The second-order valence-corrected chi connectivity index (χ2v) is 9.70. The molecule has 0 radical (unpaired) electrons. The summed E-state index contributed by atoms with van der Waals surface area (Å²) in [6.45, 7) is 2.85. The molecule has 3 atom stereocenters. The predicted octanol–water partition coefficient (Wildman–Crippen LogP) is -0.175. The molecule has 3 aliphatic heterocycles. The number of fused-ring (bicyclic) bond motifs is 2. The van der Waals surface area contributed by atoms with Gasteiger partial charge in [-0.15, -0.1) is 0 Å². The second kappa shape index (κ2) is 6.55. The van der Waals surface area contributed by atoms with E-state index >= 15 is 0 Å². The molecule has 0 spiro atoms. The number of carbonyl (C=O) groups excluding carboxylic acids is 1. The Balaban J connectivity index is 1.58. The first-order chi connectivity index (χ1) is 11.2. The van der Waals surface area contributed by atoms with Gasteiger partial charge in [-0.3, -0.25) is 9.69 Å². The third kappa shape index (κ3) is 3.21. The monoisotopic (exact) mass is 358 g/mol. The van der Waals surface area contributed by atoms with E-state index in [0.29, 0.717) is 19.1 Å². The minimum absolute atomic E-state index is 0.170. The zero-order valence-corrected chi connectivity index (χ0v) is 15.6. The summed E-state index contributed by atoms with van der Waals surface area (Å²) in [5.41, 5.74) is 5.32. The molecule has 0 aromatic rings. The molecule has 2 unspecified atom stereocenters. The maximum absolute atomic E-state index is 12.1. The van der Waals surface area contributed by atoms with Crippen LogP contribution in [-0.4, -0.2) is 85.5 Å². The quantitative estimate of drug-likeness (QED) is 0.712. The number of hydrogen-bond acceptors (Lipinski definition) is 5. The lowest BCUT2D eigenvalue weighted by molar-refractivity contribution is -0.131. The average Bonchev–Trinajstić information content (AvgIpc) is 3.07. The third-order valence-electron chi connectivity index (χ3n) is 6.38. The Kier molecular flexibility index (Phi) is 4.94. The van der Waals surface area contributed by atoms with Gasteiger partial charge in [-0.2, -0.15) is 0 Å². The Morgan fingerprint density at radius 3 is 2.67 bits per heavy atom. The number of nitrogens with zero attached hydrogens (tertiary/aromatic N) is 3. The van der Waals surface area contributed by atoms with Gasteiger partial charge < -0.3 is 10.6 Å². The largest absolute Gasteiger partial charge is 0.368 e. The summed E-state index contributed by atoms with van der Waals surface area (Å²) in [6.07, 6.45) is 7.23. The van der Waals surface area contributed by atoms with E-state index in [1.807, 2.05) is 0 Å². The molecule has 2 N–H and O–H groups in total. The van der Waals surface area contributed by atoms with Gasteiger partial charge in [0, 0.05) is 38.3 Å². The van der Waals surface area contributed by atoms with Crippen molar-refractivity contribution >= 4 is 15.9 Å². The summed E-state index contributed by atoms with van der Waals surface area (Å²) in [4.78, 5) is 16.7. The zero-order valence-electron chi connectivity index (χ0n) is 14.8. The van der Waals surface area contributed by atoms with Crippen molar-refractivity contribution < 1.29 is 13.2 Å². The van der Waals surface area contributed by atoms with E-state index in [-0.39, 0.29) is 11.9 Å². The lowest BCUT2D eigenvalue weighted by Gasteiger charge is -2.43. The fourth-order valence-electron chi connectivity index (χ4n) is 4.86. The lowest BCUT2D eigenvalue weighted by Crippen LogP contribution is -2.59. The molecular formula is C16H30N4O3S. The highest BCUT2D eigenvalue weighted by atomic mass is 32.2. The van der Waals surface area contributed by atoms with Crippen molar-refractivity contribution in [3.63, 3.8) is 0 Å². The van der Waals surface area contributed by atoms with Gasteiger partial charge in [-0.25, -0.2) is 12.7 Å². The van der Waals surface area contributed by atoms with Crippen LogP contribution >= 0.6 is 0 Å². The number of amides is 1. The molecule has 0 saturated carbocycles. The molecule has 0 aliphatic carbocycles. The van der Waals surface area contributed by atoms with Crippen molar-refractivity contribution in [2.75, 3.05) is 39.5 Å². The maximum Gasteiger partial charge on any atom is 0.237 e. The van der Waals surface area contributed by atoms with Crippen LogP contribution in [0, 0.1) is 0 Å². The van der Waals surface area contributed by atoms with Gasteiger partial charge in [0.05, 0.1) is 6.26 Å². The van der Waals surface area contributed by atoms with E-state index in [4.69, 9.17) is 5.73 Å². The number of hydrogen-bond donors (Lipinski definition) is 1. The van der Waals surface area contributed by atoms with Crippen molar-refractivity contribution in [2.24, 2.45) is 5.73 Å². The predicted molar refractivity (Wildman–Crippen MR) is 93.0 cm³/mol. The Bertz CT molecular complexity index is 592. The minimum atomic E-state index is -3.10. The molecule has 3 rings (SSSR count). The Morgan fingerprint density at radius 1 is 1.29 bits per heavy atom. The van der Waals surface area contributed by atoms with Crippen LogP contribution < -0.4 is 5.73 Å². The van der Waals surface area contributed by atoms with Crippen molar-refractivity contribution in [1.29, 1.82) is 0 Å². The number of likely N-dealkylation sites (N-methyl/N-ethyl adjacent to an activating group) is 1. The van der Waals surface area contributed by atoms with E-state index in [9.17, 15) is 13.2 Å². The molecule has 7 nitrogen and oxygen atoms in total. The smallest absolute Gasteiger partial charge is 0.237 e. The third-order valence-corrected chi connectivity index (χ3v) is 7.65. The van der Waals surface area contributed by atoms with E-state index in [0.717, 1.165) is 51.6 Å². The second-order valence-electron chi connectivity index (χ2n) is 7.72. The first-order valence-electron chi connectivity index (χ1n) is 8.96. The SMILES string of the molecule is CN(CCN1[C@@H]2CCCC1(C(N)=O)CC2)C1CCN(S(C)(=O)=O)C1. The fourth-order valence-corrected chi connectivity index (χ4v) is 5.74. The molecule has 3 aliphatic rings. The van der Waals surface area contributed by atoms with E-state index in [2.05, 4.69) is 16.8 Å². The van der Waals surface area contributed by atoms with E-state index in [1.54, 1.807) is 4.31 Å². The summed E-state index contributed by atoms with van der Waals surface area (Å²) in [5.74, 6) is -0.170. The molecular weight excluding hydrogens is 328 g/mol. The Hall–Kier alpha value is -0.700. The Morgan fingerprint density at radius 2 is 2.04 bits per heavy atom. The average molecular weight is 359 g/mol. The fraction of sp³-hybridized carbons (Fsp3) is 0.938. The maximum atomic E-state index is 12.1. The highest BCUT2D eigenvalue weighted by Gasteiger charge is 2.52. The van der Waals surface area contributed by atoms with Crippen LogP contribution in [0.2, 0.25) is 0 Å². The molecule has 1 amide bonds.